The van der Waals surface area contributed by atoms with Gasteiger partial charge in [0.25, 0.3) is 0 Å². The van der Waals surface area contributed by atoms with E-state index in [0.29, 0.717) is 12.4 Å². The fourth-order valence-electron chi connectivity index (χ4n) is 1.65. The summed E-state index contributed by atoms with van der Waals surface area (Å²) in [4.78, 5) is 4.06. The van der Waals surface area contributed by atoms with Gasteiger partial charge in [0.15, 0.2) is 0 Å². The second-order valence-electron chi connectivity index (χ2n) is 3.95. The quantitative estimate of drug-likeness (QED) is 0.861. The lowest BCUT2D eigenvalue weighted by molar-refractivity contribution is 0.311. The van der Waals surface area contributed by atoms with Gasteiger partial charge < -0.3 is 10.5 Å². The van der Waals surface area contributed by atoms with Gasteiger partial charge in [-0.3, -0.25) is 0 Å². The predicted molar refractivity (Wildman–Crippen MR) is 76.6 cm³/mol. The molecule has 0 spiro atoms. The number of nitrogens with zero attached hydrogens (tertiary/aromatic N) is 1. The van der Waals surface area contributed by atoms with E-state index in [1.165, 1.54) is 0 Å². The molecule has 0 saturated carbocycles. The van der Waals surface area contributed by atoms with Gasteiger partial charge in [0.2, 0.25) is 0 Å². The zero-order valence-corrected chi connectivity index (χ0v) is 11.6. The van der Waals surface area contributed by atoms with Crippen molar-refractivity contribution in [3.63, 3.8) is 0 Å². The largest absolute Gasteiger partial charge is 0.494 e. The number of ether oxygens (including phenoxy) is 1. The minimum absolute atomic E-state index is 0.612. The first-order valence-electron chi connectivity index (χ1n) is 5.83. The van der Waals surface area contributed by atoms with E-state index in [0.717, 1.165) is 28.6 Å². The number of hydrogen-bond acceptors (Lipinski definition) is 3. The van der Waals surface area contributed by atoms with Crippen molar-refractivity contribution in [2.24, 2.45) is 0 Å². The highest BCUT2D eigenvalue weighted by molar-refractivity contribution is 9.10. The zero-order chi connectivity index (χ0) is 12.8. The minimum atomic E-state index is 0.612. The van der Waals surface area contributed by atoms with Crippen LogP contribution in [0.1, 0.15) is 12.0 Å². The van der Waals surface area contributed by atoms with Crippen molar-refractivity contribution in [3.05, 3.63) is 52.6 Å². The van der Waals surface area contributed by atoms with Crippen LogP contribution in [0.15, 0.2) is 47.1 Å². The number of anilines is 1. The molecule has 2 N–H and O–H groups in total. The molecule has 0 aliphatic carbocycles. The maximum absolute atomic E-state index is 5.77. The maximum Gasteiger partial charge on any atom is 0.126 e. The van der Waals surface area contributed by atoms with E-state index in [2.05, 4.69) is 20.9 Å². The van der Waals surface area contributed by atoms with E-state index in [-0.39, 0.29) is 0 Å². The smallest absolute Gasteiger partial charge is 0.126 e. The van der Waals surface area contributed by atoms with Crippen LogP contribution in [0.3, 0.4) is 0 Å². The van der Waals surface area contributed by atoms with Crippen LogP contribution in [0, 0.1) is 0 Å². The molecule has 0 bridgehead atoms. The molecule has 0 aliphatic heterocycles. The van der Waals surface area contributed by atoms with Gasteiger partial charge in [0.05, 0.1) is 6.61 Å². The van der Waals surface area contributed by atoms with Crippen molar-refractivity contribution < 1.29 is 4.74 Å². The predicted octanol–water partition coefficient (Wildman–Crippen LogP) is 3.44. The molecular weight excluding hydrogens is 292 g/mol. The first-order valence-corrected chi connectivity index (χ1v) is 6.63. The standard InChI is InChI=1S/C14H15BrN2O/c15-12-5-7-13(8-6-12)18-10-2-4-11-3-1-9-17-14(11)16/h1,3,5-9H,2,4,10H2,(H2,16,17). The Morgan fingerprint density at radius 2 is 1.94 bits per heavy atom. The van der Waals surface area contributed by atoms with Crippen LogP contribution in [0.5, 0.6) is 5.75 Å². The second-order valence-corrected chi connectivity index (χ2v) is 4.87. The molecule has 4 heteroatoms. The molecule has 3 nitrogen and oxygen atoms in total. The van der Waals surface area contributed by atoms with E-state index in [4.69, 9.17) is 10.5 Å². The van der Waals surface area contributed by atoms with Crippen molar-refractivity contribution in [1.29, 1.82) is 0 Å². The lowest BCUT2D eigenvalue weighted by Crippen LogP contribution is -2.02. The Morgan fingerprint density at radius 3 is 2.67 bits per heavy atom. The van der Waals surface area contributed by atoms with Gasteiger partial charge in [-0.25, -0.2) is 4.98 Å². The molecule has 1 heterocycles. The van der Waals surface area contributed by atoms with Gasteiger partial charge in [-0.15, -0.1) is 0 Å². The average Bonchev–Trinajstić information content (AvgIpc) is 2.39. The van der Waals surface area contributed by atoms with Crippen LogP contribution in [0.4, 0.5) is 5.82 Å². The lowest BCUT2D eigenvalue weighted by Gasteiger charge is -2.07. The van der Waals surface area contributed by atoms with Crippen molar-refractivity contribution in [1.82, 2.24) is 4.98 Å². The monoisotopic (exact) mass is 306 g/mol. The SMILES string of the molecule is Nc1ncccc1CCCOc1ccc(Br)cc1. The number of pyridine rings is 1. The molecule has 0 radical (unpaired) electrons. The van der Waals surface area contributed by atoms with E-state index in [1.807, 2.05) is 36.4 Å². The molecule has 0 aliphatic rings. The summed E-state index contributed by atoms with van der Waals surface area (Å²) < 4.78 is 6.69. The van der Waals surface area contributed by atoms with Crippen molar-refractivity contribution in [3.8, 4) is 5.75 Å². The Balaban J connectivity index is 1.76. The highest BCUT2D eigenvalue weighted by Gasteiger charge is 1.99. The molecular formula is C14H15BrN2O. The number of aryl methyl sites for hydroxylation is 1. The summed E-state index contributed by atoms with van der Waals surface area (Å²) in [6.07, 6.45) is 3.51. The zero-order valence-electron chi connectivity index (χ0n) is 9.97. The third kappa shape index (κ3) is 3.74. The first kappa shape index (κ1) is 12.9. The lowest BCUT2D eigenvalue weighted by atomic mass is 10.1. The summed E-state index contributed by atoms with van der Waals surface area (Å²) in [6.45, 7) is 0.677. The van der Waals surface area contributed by atoms with Crippen LogP contribution in [-0.2, 0) is 6.42 Å². The summed E-state index contributed by atoms with van der Waals surface area (Å²) in [5, 5.41) is 0. The van der Waals surface area contributed by atoms with Crippen molar-refractivity contribution in [2.45, 2.75) is 12.8 Å². The number of nitrogens with two attached hydrogens (primary N) is 1. The minimum Gasteiger partial charge on any atom is -0.494 e. The summed E-state index contributed by atoms with van der Waals surface area (Å²) in [5.41, 5.74) is 6.85. The van der Waals surface area contributed by atoms with Crippen molar-refractivity contribution >= 4 is 21.7 Å². The number of nitrogen functional groups attached to an aromatic ring is 1. The summed E-state index contributed by atoms with van der Waals surface area (Å²) in [6, 6.07) is 11.7. The molecule has 0 fully saturated rings. The van der Waals surface area contributed by atoms with Crippen LogP contribution in [0.25, 0.3) is 0 Å². The Labute approximate surface area is 115 Å². The summed E-state index contributed by atoms with van der Waals surface area (Å²) in [5.74, 6) is 1.50. The average molecular weight is 307 g/mol. The number of benzene rings is 1. The van der Waals surface area contributed by atoms with Crippen LogP contribution >= 0.6 is 15.9 Å². The number of halogens is 1. The van der Waals surface area contributed by atoms with Crippen molar-refractivity contribution in [2.75, 3.05) is 12.3 Å². The van der Waals surface area contributed by atoms with Gasteiger partial charge in [-0.2, -0.15) is 0 Å². The number of aromatic nitrogens is 1. The molecule has 2 rings (SSSR count). The number of rotatable bonds is 5. The third-order valence-electron chi connectivity index (χ3n) is 2.60. The van der Waals surface area contributed by atoms with Gasteiger partial charge in [-0.1, -0.05) is 22.0 Å². The molecule has 1 aromatic heterocycles. The molecule has 0 amide bonds. The van der Waals surface area contributed by atoms with E-state index in [9.17, 15) is 0 Å². The highest BCUT2D eigenvalue weighted by Crippen LogP contribution is 2.16. The Morgan fingerprint density at radius 1 is 1.17 bits per heavy atom. The van der Waals surface area contributed by atoms with E-state index in [1.54, 1.807) is 6.20 Å². The molecule has 0 saturated heterocycles. The first-order chi connectivity index (χ1) is 8.75. The van der Waals surface area contributed by atoms with Gasteiger partial charge in [0, 0.05) is 10.7 Å². The molecule has 0 atom stereocenters. The number of hydrogen-bond donors (Lipinski definition) is 1. The fraction of sp³-hybridized carbons (Fsp3) is 0.214. The molecule has 0 unspecified atom stereocenters. The van der Waals surface area contributed by atoms with Crippen LogP contribution in [0.2, 0.25) is 0 Å². The molecule has 2 aromatic rings. The van der Waals surface area contributed by atoms with Gasteiger partial charge in [-0.05, 0) is 48.7 Å². The Bertz CT molecular complexity index is 499. The van der Waals surface area contributed by atoms with E-state index < -0.39 is 0 Å². The van der Waals surface area contributed by atoms with E-state index >= 15 is 0 Å². The summed E-state index contributed by atoms with van der Waals surface area (Å²) >= 11 is 3.39. The normalized spacial score (nSPS) is 10.3. The van der Waals surface area contributed by atoms with Gasteiger partial charge in [0.1, 0.15) is 11.6 Å². The van der Waals surface area contributed by atoms with Crippen LogP contribution in [-0.4, -0.2) is 11.6 Å². The third-order valence-corrected chi connectivity index (χ3v) is 3.13. The second kappa shape index (κ2) is 6.40. The maximum atomic E-state index is 5.77. The molecule has 18 heavy (non-hydrogen) atoms. The van der Waals surface area contributed by atoms with Gasteiger partial charge >= 0.3 is 0 Å². The molecule has 94 valence electrons. The topological polar surface area (TPSA) is 48.1 Å². The summed E-state index contributed by atoms with van der Waals surface area (Å²) in [7, 11) is 0. The molecule has 1 aromatic carbocycles. The van der Waals surface area contributed by atoms with Crippen LogP contribution < -0.4 is 10.5 Å². The highest BCUT2D eigenvalue weighted by atomic mass is 79.9. The Kier molecular flexibility index (Phi) is 4.59. The Hall–Kier alpha value is -1.55. The fourth-order valence-corrected chi connectivity index (χ4v) is 1.91.